The molecule has 0 spiro atoms. The maximum Gasteiger partial charge on any atom is 0.328 e. The van der Waals surface area contributed by atoms with E-state index in [9.17, 15) is 98.1 Å². The van der Waals surface area contributed by atoms with Crippen molar-refractivity contribution in [1.82, 2.24) is 63.1 Å². The molecular formula is C50H75N13O22. The number of nitrogens with one attached hydrogen (secondary N) is 11. The second-order valence-electron chi connectivity index (χ2n) is 19.3. The molecule has 472 valence electrons. The Morgan fingerprint density at radius 1 is 0.541 bits per heavy atom. The molecule has 0 radical (unpaired) electrons. The van der Waals surface area contributed by atoms with Crippen molar-refractivity contribution >= 4 is 82.9 Å². The number of H-pyrrole nitrogens is 1. The van der Waals surface area contributed by atoms with Crippen LogP contribution in [0.5, 0.6) is 0 Å². The predicted octanol–water partition coefficient (Wildman–Crippen LogP) is -8.06. The lowest BCUT2D eigenvalue weighted by Crippen LogP contribution is -2.63. The number of aromatic amines is 1. The molecule has 2 rings (SSSR count). The van der Waals surface area contributed by atoms with Gasteiger partial charge in [0.05, 0.1) is 50.8 Å². The van der Waals surface area contributed by atoms with Gasteiger partial charge < -0.3 is 105 Å². The minimum atomic E-state index is -2.02. The Morgan fingerprint density at radius 2 is 1.02 bits per heavy atom. The summed E-state index contributed by atoms with van der Waals surface area (Å²) in [5, 5.41) is 98.1. The molecule has 10 amide bonds. The van der Waals surface area contributed by atoms with Crippen LogP contribution >= 0.6 is 0 Å². The normalized spacial score (nSPS) is 15.1. The minimum Gasteiger partial charge on any atom is -0.481 e. The molecule has 0 bridgehead atoms. The summed E-state index contributed by atoms with van der Waals surface area (Å²) in [4.78, 5) is 183. The quantitative estimate of drug-likeness (QED) is 0.0305. The number of nitrogens with two attached hydrogens (primary N) is 1. The van der Waals surface area contributed by atoms with Crippen molar-refractivity contribution in [2.45, 2.75) is 146 Å². The van der Waals surface area contributed by atoms with Crippen molar-refractivity contribution in [1.29, 1.82) is 0 Å². The Hall–Kier alpha value is -9.19. The van der Waals surface area contributed by atoms with Crippen molar-refractivity contribution in [3.8, 4) is 0 Å². The number of nitrogens with zero attached hydrogens (tertiary/aromatic N) is 1. The van der Waals surface area contributed by atoms with Crippen molar-refractivity contribution in [3.05, 3.63) is 54.1 Å². The zero-order valence-corrected chi connectivity index (χ0v) is 47.0. The summed E-state index contributed by atoms with van der Waals surface area (Å²) in [5.74, 6) is -17.6. The number of aliphatic hydroxyl groups is 4. The fourth-order valence-electron chi connectivity index (χ4n) is 7.19. The van der Waals surface area contributed by atoms with Crippen LogP contribution in [0.4, 0.5) is 0 Å². The van der Waals surface area contributed by atoms with Gasteiger partial charge in [-0.1, -0.05) is 44.2 Å². The SMILES string of the molecule is CC(=O)O.CC(NC(=O)C(N)Cc1cnc[nH]1)C(=O)NC(CCC(=O)O)C(=O)NCC(=O)NC(C(=O)NC(Cc1ccccc1)C(=O)NC(C(=O)NC(CO)C(=O)NC(CC(=O)O)C(=O)NC(C(=O)NC(CO)C(=O)O)C(C)C)C(C)O)C(C)O. The van der Waals surface area contributed by atoms with E-state index in [0.29, 0.717) is 11.3 Å². The number of carboxylic acid groups (broad SMARTS) is 4. The first-order chi connectivity index (χ1) is 39.7. The Labute approximate surface area is 484 Å². The van der Waals surface area contributed by atoms with Crippen LogP contribution in [0.3, 0.4) is 0 Å². The van der Waals surface area contributed by atoms with E-state index in [1.165, 1.54) is 45.4 Å². The van der Waals surface area contributed by atoms with E-state index in [0.717, 1.165) is 20.8 Å². The number of carbonyl (C=O) groups is 14. The topological polar surface area (TPSA) is 576 Å². The van der Waals surface area contributed by atoms with Gasteiger partial charge in [-0.05, 0) is 38.7 Å². The number of amides is 10. The highest BCUT2D eigenvalue weighted by molar-refractivity contribution is 5.99. The maximum absolute atomic E-state index is 14.0. The van der Waals surface area contributed by atoms with Crippen molar-refractivity contribution in [2.24, 2.45) is 11.7 Å². The molecule has 1 aromatic heterocycles. The Bertz CT molecular complexity index is 2620. The van der Waals surface area contributed by atoms with Gasteiger partial charge in [0.15, 0.2) is 0 Å². The number of carbonyl (C=O) groups excluding carboxylic acids is 10. The van der Waals surface area contributed by atoms with E-state index in [2.05, 4.69) is 52.5 Å². The Balaban J connectivity index is 0.00000873. The fraction of sp³-hybridized carbons (Fsp3) is 0.540. The van der Waals surface area contributed by atoms with Crippen molar-refractivity contribution < 1.29 is 108 Å². The van der Waals surface area contributed by atoms with Crippen LogP contribution in [0.25, 0.3) is 0 Å². The maximum atomic E-state index is 14.0. The third kappa shape index (κ3) is 27.6. The fourth-order valence-corrected chi connectivity index (χ4v) is 7.19. The molecule has 2 aromatic rings. The molecule has 0 aliphatic carbocycles. The molecule has 35 nitrogen and oxygen atoms in total. The van der Waals surface area contributed by atoms with E-state index < -0.39 is 201 Å². The average molecular weight is 1210 g/mol. The van der Waals surface area contributed by atoms with Gasteiger partial charge in [0.2, 0.25) is 59.1 Å². The summed E-state index contributed by atoms with van der Waals surface area (Å²) < 4.78 is 0. The van der Waals surface area contributed by atoms with Gasteiger partial charge in [-0.25, -0.2) is 9.78 Å². The van der Waals surface area contributed by atoms with Gasteiger partial charge in [-0.15, -0.1) is 0 Å². The molecule has 21 N–H and O–H groups in total. The third-order valence-corrected chi connectivity index (χ3v) is 11.7. The molecule has 0 aliphatic rings. The molecule has 12 unspecified atom stereocenters. The second kappa shape index (κ2) is 37.1. The number of hydrogen-bond donors (Lipinski definition) is 20. The van der Waals surface area contributed by atoms with Gasteiger partial charge in [0.1, 0.15) is 54.4 Å². The van der Waals surface area contributed by atoms with Gasteiger partial charge >= 0.3 is 17.9 Å². The summed E-state index contributed by atoms with van der Waals surface area (Å²) in [6.45, 7) is 4.12. The molecule has 35 heteroatoms. The number of carboxylic acids is 4. The first-order valence-corrected chi connectivity index (χ1v) is 25.9. The smallest absolute Gasteiger partial charge is 0.328 e. The number of rotatable bonds is 35. The van der Waals surface area contributed by atoms with Gasteiger partial charge in [-0.2, -0.15) is 0 Å². The molecule has 1 heterocycles. The van der Waals surface area contributed by atoms with E-state index in [1.807, 2.05) is 10.6 Å². The molecule has 0 aliphatic heterocycles. The molecule has 0 saturated carbocycles. The minimum absolute atomic E-state index is 0.0367. The number of benzene rings is 1. The van der Waals surface area contributed by atoms with Crippen LogP contribution in [0.2, 0.25) is 0 Å². The van der Waals surface area contributed by atoms with Crippen LogP contribution in [-0.2, 0) is 80.0 Å². The lowest BCUT2D eigenvalue weighted by molar-refractivity contribution is -0.144. The monoisotopic (exact) mass is 1210 g/mol. The number of imidazole rings is 1. The summed E-state index contributed by atoms with van der Waals surface area (Å²) in [6.07, 6.45) is -3.26. The van der Waals surface area contributed by atoms with Crippen LogP contribution in [0, 0.1) is 5.92 Å². The highest BCUT2D eigenvalue weighted by Gasteiger charge is 2.37. The summed E-state index contributed by atoms with van der Waals surface area (Å²) in [5.41, 5.74) is 6.85. The van der Waals surface area contributed by atoms with Crippen molar-refractivity contribution in [2.75, 3.05) is 19.8 Å². The Morgan fingerprint density at radius 3 is 1.52 bits per heavy atom. The highest BCUT2D eigenvalue weighted by Crippen LogP contribution is 2.09. The van der Waals surface area contributed by atoms with Gasteiger partial charge in [0.25, 0.3) is 5.97 Å². The molecule has 12 atom stereocenters. The van der Waals surface area contributed by atoms with E-state index in [-0.39, 0.29) is 12.8 Å². The summed E-state index contributed by atoms with van der Waals surface area (Å²) >= 11 is 0. The van der Waals surface area contributed by atoms with Crippen molar-refractivity contribution in [3.63, 3.8) is 0 Å². The number of aliphatic hydroxyl groups excluding tert-OH is 4. The Kier molecular flexibility index (Phi) is 32.2. The highest BCUT2D eigenvalue weighted by atomic mass is 16.4. The van der Waals surface area contributed by atoms with Crippen LogP contribution in [0.1, 0.15) is 72.1 Å². The van der Waals surface area contributed by atoms with E-state index in [1.54, 1.807) is 18.2 Å². The largest absolute Gasteiger partial charge is 0.481 e. The molecular weight excluding hydrogens is 1130 g/mol. The first-order valence-electron chi connectivity index (χ1n) is 25.9. The molecule has 0 saturated heterocycles. The zero-order valence-electron chi connectivity index (χ0n) is 47.0. The lowest BCUT2D eigenvalue weighted by atomic mass is 10.0. The standard InChI is InChI=1S/C48H71N13O20.C2H4O2/c1-21(2)36(45(77)58-32(19-63)48(80)81)60-43(75)30(15-35(69)70)55-44(76)31(18-62)57-47(79)38(24(5)65)61-42(74)29(13-25-9-7-6-8-10-25)56-46(78)37(23(4)64)59-33(66)17-51-41(73)28(11-12-34(67)68)54-39(71)22(3)53-40(72)27(49)14-26-16-50-20-52-26;1-2(3)4/h6-10,16,20-24,27-32,36-38,62-65H,11-15,17-19,49H2,1-5H3,(H,50,52)(H,51,73)(H,53,72)(H,54,71)(H,55,76)(H,56,78)(H,57,79)(H,58,77)(H,59,66)(H,60,75)(H,61,74)(H,67,68)(H,69,70)(H,80,81);1H3,(H,3,4). The number of hydrogen-bond acceptors (Lipinski definition) is 20. The average Bonchev–Trinajstić information content (AvgIpc) is 4.12. The van der Waals surface area contributed by atoms with Crippen LogP contribution < -0.4 is 58.9 Å². The summed E-state index contributed by atoms with van der Waals surface area (Å²) in [7, 11) is 0. The summed E-state index contributed by atoms with van der Waals surface area (Å²) in [6, 6.07) is -9.04. The molecule has 1 aromatic carbocycles. The zero-order chi connectivity index (χ0) is 64.8. The van der Waals surface area contributed by atoms with Gasteiger partial charge in [0, 0.05) is 38.1 Å². The van der Waals surface area contributed by atoms with E-state index >= 15 is 0 Å². The van der Waals surface area contributed by atoms with Crippen LogP contribution in [0.15, 0.2) is 42.9 Å². The van der Waals surface area contributed by atoms with E-state index in [4.69, 9.17) is 15.6 Å². The third-order valence-electron chi connectivity index (χ3n) is 11.7. The first kappa shape index (κ1) is 73.8. The molecule has 85 heavy (non-hydrogen) atoms. The predicted molar refractivity (Wildman–Crippen MR) is 289 cm³/mol. The number of aliphatic carboxylic acids is 4. The molecule has 0 fully saturated rings. The second-order valence-corrected chi connectivity index (χ2v) is 19.3. The lowest BCUT2D eigenvalue weighted by Gasteiger charge is -2.28. The van der Waals surface area contributed by atoms with Crippen LogP contribution in [-0.4, -0.2) is 226 Å². The van der Waals surface area contributed by atoms with Gasteiger partial charge in [-0.3, -0.25) is 62.3 Å². The number of aromatic nitrogens is 2.